The third-order valence-corrected chi connectivity index (χ3v) is 18.6. The third kappa shape index (κ3) is 30.7. The molecule has 13 aromatic rings. The smallest absolute Gasteiger partial charge is 0.164 e. The minimum Gasteiger partial charge on any atom is -0.512 e. The topological polar surface area (TPSA) is 126 Å². The Bertz CT molecular complexity index is 5620. The number of hydrogen-bond acceptors (Lipinski definition) is 8. The van der Waals surface area contributed by atoms with Crippen molar-refractivity contribution in [1.82, 2.24) is 19.9 Å². The maximum absolute atomic E-state index is 11.5. The molecule has 9 aromatic carbocycles. The van der Waals surface area contributed by atoms with Crippen molar-refractivity contribution >= 4 is 33.4 Å². The molecule has 0 unspecified atom stereocenters. The van der Waals surface area contributed by atoms with E-state index >= 15 is 0 Å². The van der Waals surface area contributed by atoms with Gasteiger partial charge in [-0.15, -0.1) is 141 Å². The zero-order valence-corrected chi connectivity index (χ0v) is 79.4. The molecule has 4 heterocycles. The maximum atomic E-state index is 11.5. The molecule has 0 aliphatic carbocycles. The van der Waals surface area contributed by atoms with Crippen LogP contribution in [0, 0.1) is 106 Å². The number of pyridine rings is 4. The maximum Gasteiger partial charge on any atom is 0.164 e. The van der Waals surface area contributed by atoms with E-state index in [0.717, 1.165) is 85.5 Å². The van der Waals surface area contributed by atoms with Gasteiger partial charge in [-0.25, -0.2) is 0 Å². The van der Waals surface area contributed by atoms with E-state index in [1.807, 2.05) is 150 Å². The van der Waals surface area contributed by atoms with Crippen LogP contribution in [0.1, 0.15) is 169 Å². The fourth-order valence-electron chi connectivity index (χ4n) is 12.1. The molecule has 0 saturated carbocycles. The average Bonchev–Trinajstić information content (AvgIpc) is 0.780. The van der Waals surface area contributed by atoms with Crippen molar-refractivity contribution in [3.8, 4) is 78.4 Å². The van der Waals surface area contributed by atoms with Crippen molar-refractivity contribution in [2.24, 2.45) is 33.5 Å². The minimum absolute atomic E-state index is 0. The molecule has 3 radical (unpaired) electrons. The van der Waals surface area contributed by atoms with Gasteiger partial charge < -0.3 is 20.2 Å². The molecule has 0 bridgehead atoms. The van der Waals surface area contributed by atoms with E-state index in [0.29, 0.717) is 17.5 Å². The number of aromatic nitrogens is 4. The molecular weight excluding hydrogens is 1980 g/mol. The molecular formula is C107H118Ir3N4O4-4. The van der Waals surface area contributed by atoms with Gasteiger partial charge in [0.1, 0.15) is 11.5 Å². The molecule has 4 aromatic heterocycles. The quantitative estimate of drug-likeness (QED) is 0.0664. The summed E-state index contributed by atoms with van der Waals surface area (Å²) in [5, 5.41) is 21.6. The number of benzene rings is 9. The predicted molar refractivity (Wildman–Crippen MR) is 485 cm³/mol. The van der Waals surface area contributed by atoms with E-state index in [4.69, 9.17) is 18.2 Å². The molecule has 0 atom stereocenters. The molecule has 2 N–H and O–H groups in total. The van der Waals surface area contributed by atoms with Gasteiger partial charge in [0.05, 0.1) is 11.0 Å². The number of ketones is 2. The van der Waals surface area contributed by atoms with Crippen LogP contribution in [0.4, 0.5) is 0 Å². The van der Waals surface area contributed by atoms with E-state index in [-0.39, 0.29) is 105 Å². The molecule has 0 saturated heterocycles. The number of carbonyl (C=O) groups is 2. The van der Waals surface area contributed by atoms with Gasteiger partial charge in [0.15, 0.2) is 11.6 Å². The number of aliphatic hydroxyl groups excluding tert-OH is 2. The Labute approximate surface area is 754 Å². The Morgan fingerprint density at radius 2 is 0.746 bits per heavy atom. The number of carbonyl (C=O) groups excluding carboxylic acids is 2. The Kier molecular flexibility index (Phi) is 34.1. The zero-order valence-electron chi connectivity index (χ0n) is 78.2. The number of hydrogen-bond donors (Lipinski definition) is 2. The summed E-state index contributed by atoms with van der Waals surface area (Å²) in [6.07, 6.45) is 7.54. The largest absolute Gasteiger partial charge is 0.512 e. The molecule has 0 spiro atoms. The van der Waals surface area contributed by atoms with E-state index in [2.05, 4.69) is 224 Å². The van der Waals surface area contributed by atoms with Crippen LogP contribution < -0.4 is 0 Å². The summed E-state index contributed by atoms with van der Waals surface area (Å²) in [7, 11) is 0. The van der Waals surface area contributed by atoms with Crippen LogP contribution in [0.25, 0.3) is 100 Å². The molecule has 13 rings (SSSR count). The van der Waals surface area contributed by atoms with Gasteiger partial charge in [0.2, 0.25) is 0 Å². The molecule has 0 amide bonds. The fraction of sp³-hybridized carbons (Fsp3) is 0.290. The van der Waals surface area contributed by atoms with Gasteiger partial charge in [-0.3, -0.25) is 19.6 Å². The minimum atomic E-state index is -2.12. The second kappa shape index (κ2) is 45.0. The van der Waals surface area contributed by atoms with Crippen molar-refractivity contribution in [2.45, 2.75) is 172 Å². The van der Waals surface area contributed by atoms with Crippen LogP contribution in [0.3, 0.4) is 0 Å². The number of aliphatic hydroxyl groups is 2. The van der Waals surface area contributed by atoms with Crippen molar-refractivity contribution in [3.63, 3.8) is 0 Å². The molecule has 0 fully saturated rings. The van der Waals surface area contributed by atoms with E-state index in [1.165, 1.54) is 85.4 Å². The number of aryl methyl sites for hydroxylation is 7. The van der Waals surface area contributed by atoms with Crippen LogP contribution >= 0.6 is 0 Å². The van der Waals surface area contributed by atoms with E-state index in [1.54, 1.807) is 30.3 Å². The zero-order chi connectivity index (χ0) is 89.1. The normalized spacial score (nSPS) is 12.4. The monoisotopic (exact) mass is 2110 g/mol. The van der Waals surface area contributed by atoms with Gasteiger partial charge in [-0.05, 0) is 142 Å². The summed E-state index contributed by atoms with van der Waals surface area (Å²) in [6, 6.07) is 89.0. The summed E-state index contributed by atoms with van der Waals surface area (Å²) in [5.41, 5.74) is 24.4. The number of nitrogens with zero attached hydrogens (tertiary/aromatic N) is 4. The molecule has 0 aliphatic heterocycles. The standard InChI is InChI=1S/C28H28N.C27H26N.C18H14N.C12H10N.2C11H20O2.3Ir/c1-18(2)12-24-17-28(25-14-20(4)13-21(5)15-25)29-27-11-10-23(16-26(24)27)22-8-6-19(3)7-9-22;1-18(2)12-23-17-27(24-14-19(3)13-20(4)15-24)28-26-11-10-22(16-25(23)26)21-8-6-5-7-9-21;1-14-10-11-18(19-13-14)17-9-5-8-16(12-17)15-6-3-2-4-7-15;1-10-7-8-12(13-9-10)11-5-3-2-4-6-11;2*1-10(2,3)8(12)7-9(13)11(4,5)6;;;/h6-11,13-14,16-18H,12H2,1-5H3;5-11,13-14,16-18H,12H2,1-4H3;2-8,10-13H,1H3;2-5,7-9H,1H3;2*7,12H,1-6H3;;;/q4*-1;;;;;/i;;2*1D3;;;;;. The van der Waals surface area contributed by atoms with Crippen LogP contribution in [0.15, 0.2) is 261 Å². The summed E-state index contributed by atoms with van der Waals surface area (Å²) >= 11 is 0. The van der Waals surface area contributed by atoms with Crippen LogP contribution in [-0.2, 0) is 82.7 Å². The van der Waals surface area contributed by atoms with Gasteiger partial charge in [-0.2, -0.15) is 0 Å². The van der Waals surface area contributed by atoms with Gasteiger partial charge in [0, 0.05) is 126 Å². The van der Waals surface area contributed by atoms with Gasteiger partial charge in [0.25, 0.3) is 0 Å². The van der Waals surface area contributed by atoms with E-state index in [9.17, 15) is 19.8 Å². The first kappa shape index (κ1) is 89.3. The van der Waals surface area contributed by atoms with Crippen molar-refractivity contribution in [2.75, 3.05) is 0 Å². The van der Waals surface area contributed by atoms with E-state index < -0.39 is 24.5 Å². The van der Waals surface area contributed by atoms with Crippen molar-refractivity contribution in [3.05, 3.63) is 335 Å². The fourth-order valence-corrected chi connectivity index (χ4v) is 12.1. The molecule has 8 nitrogen and oxygen atoms in total. The SMILES string of the molecule is CC(C)(C)C(=O)C=C(O)C(C)(C)C.CC(C)(C)C(=O)C=C(O)C(C)(C)C.Cc1[c-]c(-c2cc(CC(C)C)c3cc(-c4ccc(C)cc4)ccc3n2)cc(C)c1.Cc1[c-]c(-c2cc(CC(C)C)c3cc(-c4ccccc4)ccc3n2)cc(C)c1.[2H]C([2H])([2H])c1ccc(-c2[c-]ccc(-c3ccccc3)c2)nc1.[2H]C([2H])([2H])c1ccc(-c2[c-]cccc2)nc1.[Ir].[Ir].[Ir]. The third-order valence-electron chi connectivity index (χ3n) is 18.6. The first-order chi connectivity index (χ1) is 56.6. The molecule has 0 aliphatic rings. The van der Waals surface area contributed by atoms with Crippen molar-refractivity contribution < 1.29 is 88.3 Å². The van der Waals surface area contributed by atoms with Crippen LogP contribution in [-0.4, -0.2) is 41.7 Å². The Hall–Kier alpha value is -9.53. The summed E-state index contributed by atoms with van der Waals surface area (Å²) in [4.78, 5) is 41.4. The number of rotatable bonds is 13. The Balaban J connectivity index is 0.000000271. The van der Waals surface area contributed by atoms with Gasteiger partial charge >= 0.3 is 0 Å². The van der Waals surface area contributed by atoms with Gasteiger partial charge in [-0.1, -0.05) is 277 Å². The summed E-state index contributed by atoms with van der Waals surface area (Å²) in [6.45, 7) is 37.7. The van der Waals surface area contributed by atoms with Crippen LogP contribution in [0.5, 0.6) is 0 Å². The Morgan fingerprint density at radius 3 is 1.10 bits per heavy atom. The molecule has 11 heteroatoms. The second-order valence-electron chi connectivity index (χ2n) is 34.5. The first-order valence-electron chi connectivity index (χ1n) is 42.5. The molecule has 118 heavy (non-hydrogen) atoms. The van der Waals surface area contributed by atoms with Crippen molar-refractivity contribution in [1.29, 1.82) is 0 Å². The Morgan fingerprint density at radius 1 is 0.373 bits per heavy atom. The molecule has 621 valence electrons. The summed E-state index contributed by atoms with van der Waals surface area (Å²) in [5.74, 6) is 1.38. The average molecular weight is 2110 g/mol. The predicted octanol–water partition coefficient (Wildman–Crippen LogP) is 28.2. The first-order valence-corrected chi connectivity index (χ1v) is 39.5. The summed E-state index contributed by atoms with van der Waals surface area (Å²) < 4.78 is 43.8. The number of allylic oxidation sites excluding steroid dienone is 4. The second-order valence-corrected chi connectivity index (χ2v) is 34.5. The van der Waals surface area contributed by atoms with Crippen LogP contribution in [0.2, 0.25) is 0 Å². The number of fused-ring (bicyclic) bond motifs is 2.